The fourth-order valence-electron chi connectivity index (χ4n) is 2.08. The van der Waals surface area contributed by atoms with Crippen LogP contribution in [0.1, 0.15) is 5.56 Å². The van der Waals surface area contributed by atoms with Gasteiger partial charge in [-0.05, 0) is 42.3 Å². The average molecular weight is 389 g/mol. The Hall–Kier alpha value is -2.05. The number of anilines is 1. The van der Waals surface area contributed by atoms with Crippen LogP contribution in [0.5, 0.6) is 5.75 Å². The van der Waals surface area contributed by atoms with Crippen molar-refractivity contribution < 1.29 is 18.3 Å². The van der Waals surface area contributed by atoms with Crippen molar-refractivity contribution >= 4 is 34.8 Å². The highest BCUT2D eigenvalue weighted by molar-refractivity contribution is 6.35. The number of hydrogen-bond donors (Lipinski definition) is 2. The van der Waals surface area contributed by atoms with Gasteiger partial charge in [0.15, 0.2) is 0 Å². The molecule has 0 saturated heterocycles. The monoisotopic (exact) mass is 388 g/mol. The van der Waals surface area contributed by atoms with E-state index >= 15 is 0 Å². The second kappa shape index (κ2) is 9.44. The topological polar surface area (TPSA) is 50.4 Å². The molecule has 0 fully saturated rings. The molecule has 0 aliphatic rings. The van der Waals surface area contributed by atoms with Crippen molar-refractivity contribution in [2.24, 2.45) is 0 Å². The van der Waals surface area contributed by atoms with Crippen LogP contribution in [0, 0.1) is 0 Å². The van der Waals surface area contributed by atoms with Crippen LogP contribution >= 0.6 is 23.2 Å². The molecule has 2 N–H and O–H groups in total. The van der Waals surface area contributed by atoms with E-state index in [9.17, 15) is 13.6 Å². The number of nitrogens with one attached hydrogen (secondary N) is 2. The number of carbonyl (C=O) groups excluding carboxylic acids is 1. The van der Waals surface area contributed by atoms with E-state index in [4.69, 9.17) is 23.2 Å². The Bertz CT molecular complexity index is 692. The first-order chi connectivity index (χ1) is 11.9. The van der Waals surface area contributed by atoms with Gasteiger partial charge in [0.2, 0.25) is 5.91 Å². The van der Waals surface area contributed by atoms with Crippen LogP contribution in [0.3, 0.4) is 0 Å². The van der Waals surface area contributed by atoms with Gasteiger partial charge in [-0.15, -0.1) is 0 Å². The molecule has 8 heteroatoms. The molecule has 0 heterocycles. The van der Waals surface area contributed by atoms with Gasteiger partial charge in [-0.25, -0.2) is 0 Å². The van der Waals surface area contributed by atoms with Crippen molar-refractivity contribution in [2.75, 3.05) is 18.4 Å². The van der Waals surface area contributed by atoms with Crippen LogP contribution in [-0.2, 0) is 11.2 Å². The quantitative estimate of drug-likeness (QED) is 0.705. The third kappa shape index (κ3) is 7.15. The molecule has 0 aliphatic carbocycles. The molecule has 2 aromatic carbocycles. The molecule has 25 heavy (non-hydrogen) atoms. The normalized spacial score (nSPS) is 10.6. The Labute approximate surface area is 154 Å². The maximum absolute atomic E-state index is 12.1. The van der Waals surface area contributed by atoms with E-state index < -0.39 is 6.61 Å². The highest BCUT2D eigenvalue weighted by atomic mass is 35.5. The molecule has 0 aliphatic heterocycles. The summed E-state index contributed by atoms with van der Waals surface area (Å²) in [5.74, 6) is -0.0825. The molecule has 0 saturated carbocycles. The molecule has 4 nitrogen and oxygen atoms in total. The van der Waals surface area contributed by atoms with Crippen LogP contribution in [0.15, 0.2) is 42.5 Å². The van der Waals surface area contributed by atoms with Crippen molar-refractivity contribution in [2.45, 2.75) is 13.0 Å². The molecule has 1 amide bonds. The largest absolute Gasteiger partial charge is 0.435 e. The zero-order valence-corrected chi connectivity index (χ0v) is 14.6. The Kier molecular flexibility index (Phi) is 7.28. The maximum Gasteiger partial charge on any atom is 0.387 e. The lowest BCUT2D eigenvalue weighted by Gasteiger charge is -2.09. The summed E-state index contributed by atoms with van der Waals surface area (Å²) in [4.78, 5) is 11.8. The van der Waals surface area contributed by atoms with Gasteiger partial charge < -0.3 is 15.4 Å². The van der Waals surface area contributed by atoms with Crippen molar-refractivity contribution in [3.8, 4) is 5.75 Å². The Morgan fingerprint density at radius 1 is 1.08 bits per heavy atom. The fourth-order valence-corrected chi connectivity index (χ4v) is 2.61. The highest BCUT2D eigenvalue weighted by Crippen LogP contribution is 2.22. The van der Waals surface area contributed by atoms with Crippen LogP contribution < -0.4 is 15.4 Å². The second-order valence-electron chi connectivity index (χ2n) is 5.13. The predicted molar refractivity (Wildman–Crippen MR) is 94.7 cm³/mol. The molecule has 0 unspecified atom stereocenters. The number of rotatable bonds is 8. The van der Waals surface area contributed by atoms with Gasteiger partial charge in [0.1, 0.15) is 5.75 Å². The summed E-state index contributed by atoms with van der Waals surface area (Å²) in [6, 6.07) is 11.2. The fraction of sp³-hybridized carbons (Fsp3) is 0.235. The lowest BCUT2D eigenvalue weighted by atomic mass is 10.1. The molecule has 0 radical (unpaired) electrons. The van der Waals surface area contributed by atoms with E-state index in [0.717, 1.165) is 5.56 Å². The van der Waals surface area contributed by atoms with Crippen LogP contribution in [-0.4, -0.2) is 25.6 Å². The number of hydrogen-bond acceptors (Lipinski definition) is 3. The van der Waals surface area contributed by atoms with E-state index in [2.05, 4.69) is 15.4 Å². The predicted octanol–water partition coefficient (Wildman–Crippen LogP) is 4.37. The first-order valence-electron chi connectivity index (χ1n) is 7.43. The average Bonchev–Trinajstić information content (AvgIpc) is 2.53. The van der Waals surface area contributed by atoms with Gasteiger partial charge in [-0.3, -0.25) is 4.79 Å². The number of benzene rings is 2. The molecule has 0 atom stereocenters. The minimum absolute atomic E-state index is 0.0812. The standard InChI is InChI=1S/C17H16Cl2F2N2O2/c18-12-7-13(19)9-14(8-12)23-10-16(24)22-6-5-11-1-3-15(4-2-11)25-17(20)21/h1-4,7-9,17,23H,5-6,10H2,(H,22,24). The van der Waals surface area contributed by atoms with Gasteiger partial charge in [-0.2, -0.15) is 8.78 Å². The van der Waals surface area contributed by atoms with Crippen LogP contribution in [0.4, 0.5) is 14.5 Å². The Balaban J connectivity index is 1.71. The van der Waals surface area contributed by atoms with Gasteiger partial charge in [0.25, 0.3) is 0 Å². The van der Waals surface area contributed by atoms with E-state index in [0.29, 0.717) is 28.7 Å². The van der Waals surface area contributed by atoms with E-state index in [1.165, 1.54) is 12.1 Å². The Morgan fingerprint density at radius 3 is 2.32 bits per heavy atom. The third-order valence-electron chi connectivity index (χ3n) is 3.20. The first-order valence-corrected chi connectivity index (χ1v) is 8.18. The maximum atomic E-state index is 12.1. The van der Waals surface area contributed by atoms with Crippen molar-refractivity contribution in [1.82, 2.24) is 5.32 Å². The number of halogens is 4. The number of carbonyl (C=O) groups is 1. The summed E-state index contributed by atoms with van der Waals surface area (Å²) in [5, 5.41) is 6.65. The van der Waals surface area contributed by atoms with Crippen molar-refractivity contribution in [3.05, 3.63) is 58.1 Å². The van der Waals surface area contributed by atoms with E-state index in [-0.39, 0.29) is 18.2 Å². The second-order valence-corrected chi connectivity index (χ2v) is 6.01. The van der Waals surface area contributed by atoms with E-state index in [1.807, 2.05) is 0 Å². The SMILES string of the molecule is O=C(CNc1cc(Cl)cc(Cl)c1)NCCc1ccc(OC(F)F)cc1. The van der Waals surface area contributed by atoms with Crippen LogP contribution in [0.2, 0.25) is 10.0 Å². The Morgan fingerprint density at radius 2 is 1.72 bits per heavy atom. The van der Waals surface area contributed by atoms with Gasteiger partial charge >= 0.3 is 6.61 Å². The molecular formula is C17H16Cl2F2N2O2. The van der Waals surface area contributed by atoms with Gasteiger partial charge in [0.05, 0.1) is 6.54 Å². The summed E-state index contributed by atoms with van der Waals surface area (Å²) >= 11 is 11.8. The summed E-state index contributed by atoms with van der Waals surface area (Å²) in [6.07, 6.45) is 0.573. The number of amides is 1. The summed E-state index contributed by atoms with van der Waals surface area (Å²) in [6.45, 7) is -2.34. The number of alkyl halides is 2. The summed E-state index contributed by atoms with van der Waals surface area (Å²) in [7, 11) is 0. The molecule has 2 aromatic rings. The van der Waals surface area contributed by atoms with E-state index in [1.54, 1.807) is 30.3 Å². The number of ether oxygens (including phenoxy) is 1. The highest BCUT2D eigenvalue weighted by Gasteiger charge is 2.05. The molecule has 134 valence electrons. The first kappa shape index (κ1) is 19.3. The summed E-state index contributed by atoms with van der Waals surface area (Å²) in [5.41, 5.74) is 1.55. The third-order valence-corrected chi connectivity index (χ3v) is 3.64. The minimum atomic E-state index is -2.84. The molecule has 2 rings (SSSR count). The molecule has 0 spiro atoms. The summed E-state index contributed by atoms with van der Waals surface area (Å²) < 4.78 is 28.4. The zero-order chi connectivity index (χ0) is 18.2. The van der Waals surface area contributed by atoms with Crippen LogP contribution in [0.25, 0.3) is 0 Å². The van der Waals surface area contributed by atoms with Gasteiger partial charge in [-0.1, -0.05) is 35.3 Å². The molecule has 0 aromatic heterocycles. The lowest BCUT2D eigenvalue weighted by molar-refractivity contribution is -0.119. The van der Waals surface area contributed by atoms with Crippen molar-refractivity contribution in [3.63, 3.8) is 0 Å². The minimum Gasteiger partial charge on any atom is -0.435 e. The molecular weight excluding hydrogens is 373 g/mol. The lowest BCUT2D eigenvalue weighted by Crippen LogP contribution is -2.31. The van der Waals surface area contributed by atoms with Crippen molar-refractivity contribution in [1.29, 1.82) is 0 Å². The van der Waals surface area contributed by atoms with Gasteiger partial charge in [0, 0.05) is 22.3 Å². The molecule has 0 bridgehead atoms. The smallest absolute Gasteiger partial charge is 0.387 e. The zero-order valence-electron chi connectivity index (χ0n) is 13.1.